The minimum absolute atomic E-state index is 0.159. The number of nitrogens with zero attached hydrogens (tertiary/aromatic N) is 3. The number of amides is 2. The number of nitrogens with one attached hydrogen (secondary N) is 1. The van der Waals surface area contributed by atoms with Crippen molar-refractivity contribution in [3.63, 3.8) is 0 Å². The molecule has 3 rings (SSSR count). The van der Waals surface area contributed by atoms with Crippen LogP contribution in [-0.2, 0) is 6.54 Å². The molecule has 1 saturated carbocycles. The Hall–Kier alpha value is -2.34. The predicted octanol–water partition coefficient (Wildman–Crippen LogP) is 3.34. The van der Waals surface area contributed by atoms with E-state index in [1.165, 1.54) is 7.11 Å². The summed E-state index contributed by atoms with van der Waals surface area (Å²) >= 11 is 5.93. The molecule has 6 nitrogen and oxygen atoms in total. The molecule has 120 valence electrons. The van der Waals surface area contributed by atoms with E-state index in [0.717, 1.165) is 18.4 Å². The Balaban J connectivity index is 1.73. The number of halogens is 1. The summed E-state index contributed by atoms with van der Waals surface area (Å²) in [7, 11) is 1.50. The largest absolute Gasteiger partial charge is 0.481 e. The number of carbonyl (C=O) groups is 1. The maximum atomic E-state index is 12.6. The van der Waals surface area contributed by atoms with E-state index in [4.69, 9.17) is 16.3 Å². The maximum Gasteiger partial charge on any atom is 0.322 e. The molecule has 1 N–H and O–H groups in total. The Bertz CT molecular complexity index is 692. The third-order valence-electron chi connectivity index (χ3n) is 3.58. The van der Waals surface area contributed by atoms with E-state index in [9.17, 15) is 4.79 Å². The average molecular weight is 333 g/mol. The van der Waals surface area contributed by atoms with Gasteiger partial charge in [-0.3, -0.25) is 4.98 Å². The lowest BCUT2D eigenvalue weighted by molar-refractivity contribution is 0.206. The number of anilines is 1. The maximum absolute atomic E-state index is 12.6. The topological polar surface area (TPSA) is 67.3 Å². The van der Waals surface area contributed by atoms with Crippen molar-refractivity contribution in [1.29, 1.82) is 0 Å². The Morgan fingerprint density at radius 2 is 2.13 bits per heavy atom. The Morgan fingerprint density at radius 1 is 1.39 bits per heavy atom. The fourth-order valence-electron chi connectivity index (χ4n) is 2.28. The highest BCUT2D eigenvalue weighted by Gasteiger charge is 2.32. The standard InChI is InChI=1S/C16H17ClN4O2/c1-23-15-9-12(8-14(17)20-15)19-16(22)21(13-2-3-13)10-11-4-6-18-7-5-11/h4-9,13H,2-3,10H2,1H3,(H,19,20,22). The van der Waals surface area contributed by atoms with Crippen molar-refractivity contribution in [1.82, 2.24) is 14.9 Å². The normalized spacial score (nSPS) is 13.5. The molecule has 1 fully saturated rings. The van der Waals surface area contributed by atoms with E-state index in [2.05, 4.69) is 15.3 Å². The number of aromatic nitrogens is 2. The number of rotatable bonds is 5. The highest BCUT2D eigenvalue weighted by molar-refractivity contribution is 6.29. The van der Waals surface area contributed by atoms with Gasteiger partial charge in [-0.25, -0.2) is 9.78 Å². The molecule has 2 amide bonds. The molecule has 0 aromatic carbocycles. The molecule has 0 saturated heterocycles. The van der Waals surface area contributed by atoms with Crippen LogP contribution in [0.2, 0.25) is 5.15 Å². The van der Waals surface area contributed by atoms with Gasteiger partial charge >= 0.3 is 6.03 Å². The van der Waals surface area contributed by atoms with E-state index in [0.29, 0.717) is 18.1 Å². The molecule has 2 heterocycles. The van der Waals surface area contributed by atoms with Gasteiger partial charge in [0.1, 0.15) is 5.15 Å². The molecule has 0 radical (unpaired) electrons. The van der Waals surface area contributed by atoms with Crippen molar-refractivity contribution in [2.75, 3.05) is 12.4 Å². The average Bonchev–Trinajstić information content (AvgIpc) is 3.37. The lowest BCUT2D eigenvalue weighted by Crippen LogP contribution is -2.36. The molecule has 0 bridgehead atoms. The second-order valence-corrected chi connectivity index (χ2v) is 5.75. The molecule has 2 aromatic heterocycles. The van der Waals surface area contributed by atoms with Gasteiger partial charge in [0.2, 0.25) is 5.88 Å². The summed E-state index contributed by atoms with van der Waals surface area (Å²) in [6, 6.07) is 7.18. The second-order valence-electron chi connectivity index (χ2n) is 5.37. The van der Waals surface area contributed by atoms with Crippen molar-refractivity contribution in [2.24, 2.45) is 0 Å². The van der Waals surface area contributed by atoms with E-state index >= 15 is 0 Å². The van der Waals surface area contributed by atoms with E-state index in [-0.39, 0.29) is 17.2 Å². The Labute approximate surface area is 139 Å². The van der Waals surface area contributed by atoms with Crippen LogP contribution in [0.15, 0.2) is 36.7 Å². The fourth-order valence-corrected chi connectivity index (χ4v) is 2.48. The summed E-state index contributed by atoms with van der Waals surface area (Å²) in [5, 5.41) is 3.14. The van der Waals surface area contributed by atoms with Crippen LogP contribution in [0.25, 0.3) is 0 Å². The van der Waals surface area contributed by atoms with Gasteiger partial charge in [-0.2, -0.15) is 0 Å². The molecule has 2 aromatic rings. The highest BCUT2D eigenvalue weighted by Crippen LogP contribution is 2.29. The van der Waals surface area contributed by atoms with Crippen LogP contribution in [-0.4, -0.2) is 34.1 Å². The fraction of sp³-hybridized carbons (Fsp3) is 0.312. The van der Waals surface area contributed by atoms with Crippen molar-refractivity contribution in [3.8, 4) is 5.88 Å². The number of ether oxygens (including phenoxy) is 1. The van der Waals surface area contributed by atoms with Crippen LogP contribution in [0.4, 0.5) is 10.5 Å². The van der Waals surface area contributed by atoms with E-state index in [1.54, 1.807) is 24.5 Å². The summed E-state index contributed by atoms with van der Waals surface area (Å²) in [6.45, 7) is 0.551. The van der Waals surface area contributed by atoms with Crippen molar-refractivity contribution >= 4 is 23.3 Å². The van der Waals surface area contributed by atoms with Crippen LogP contribution in [0.1, 0.15) is 18.4 Å². The molecule has 0 aliphatic heterocycles. The first kappa shape index (κ1) is 15.6. The first-order valence-corrected chi connectivity index (χ1v) is 7.71. The smallest absolute Gasteiger partial charge is 0.322 e. The summed E-state index contributed by atoms with van der Waals surface area (Å²) in [5.41, 5.74) is 1.61. The SMILES string of the molecule is COc1cc(NC(=O)N(Cc2ccncc2)C2CC2)cc(Cl)n1. The summed E-state index contributed by atoms with van der Waals surface area (Å²) in [4.78, 5) is 22.4. The molecule has 1 aliphatic rings. The van der Waals surface area contributed by atoms with Crippen LogP contribution in [0, 0.1) is 0 Å². The van der Waals surface area contributed by atoms with Gasteiger partial charge in [-0.1, -0.05) is 11.6 Å². The van der Waals surface area contributed by atoms with E-state index < -0.39 is 0 Å². The summed E-state index contributed by atoms with van der Waals surface area (Å²) < 4.78 is 5.07. The van der Waals surface area contributed by atoms with Gasteiger partial charge in [0.25, 0.3) is 0 Å². The van der Waals surface area contributed by atoms with Crippen LogP contribution < -0.4 is 10.1 Å². The second kappa shape index (κ2) is 6.83. The van der Waals surface area contributed by atoms with Crippen molar-refractivity contribution in [2.45, 2.75) is 25.4 Å². The Kier molecular flexibility index (Phi) is 4.62. The quantitative estimate of drug-likeness (QED) is 0.853. The van der Waals surface area contributed by atoms with Gasteiger partial charge in [-0.15, -0.1) is 0 Å². The van der Waals surface area contributed by atoms with Gasteiger partial charge in [0.05, 0.1) is 12.8 Å². The summed E-state index contributed by atoms with van der Waals surface area (Å²) in [6.07, 6.45) is 5.51. The first-order valence-electron chi connectivity index (χ1n) is 7.34. The number of carbonyl (C=O) groups excluding carboxylic acids is 1. The van der Waals surface area contributed by atoms with Crippen molar-refractivity contribution in [3.05, 3.63) is 47.4 Å². The minimum Gasteiger partial charge on any atom is -0.481 e. The third-order valence-corrected chi connectivity index (χ3v) is 3.78. The molecule has 0 spiro atoms. The molecule has 0 unspecified atom stereocenters. The van der Waals surface area contributed by atoms with Gasteiger partial charge in [0, 0.05) is 31.0 Å². The van der Waals surface area contributed by atoms with E-state index in [1.807, 2.05) is 17.0 Å². The van der Waals surface area contributed by atoms with Crippen LogP contribution in [0.3, 0.4) is 0 Å². The monoisotopic (exact) mass is 332 g/mol. The third kappa shape index (κ3) is 4.10. The molecule has 23 heavy (non-hydrogen) atoms. The Morgan fingerprint density at radius 3 is 2.78 bits per heavy atom. The highest BCUT2D eigenvalue weighted by atomic mass is 35.5. The number of hydrogen-bond acceptors (Lipinski definition) is 4. The van der Waals surface area contributed by atoms with Crippen LogP contribution >= 0.6 is 11.6 Å². The lowest BCUT2D eigenvalue weighted by Gasteiger charge is -2.23. The molecular weight excluding hydrogens is 316 g/mol. The van der Waals surface area contributed by atoms with Crippen LogP contribution in [0.5, 0.6) is 5.88 Å². The zero-order valence-electron chi connectivity index (χ0n) is 12.7. The first-order chi connectivity index (χ1) is 11.2. The van der Waals surface area contributed by atoms with Gasteiger partial charge < -0.3 is 15.0 Å². The molecule has 0 atom stereocenters. The molecule has 1 aliphatic carbocycles. The minimum atomic E-state index is -0.159. The van der Waals surface area contributed by atoms with Gasteiger partial charge in [0.15, 0.2) is 0 Å². The molecular formula is C16H17ClN4O2. The summed E-state index contributed by atoms with van der Waals surface area (Å²) in [5.74, 6) is 0.361. The zero-order chi connectivity index (χ0) is 16.2. The predicted molar refractivity (Wildman–Crippen MR) is 87.6 cm³/mol. The molecule has 7 heteroatoms. The lowest BCUT2D eigenvalue weighted by atomic mass is 10.2. The number of hydrogen-bond donors (Lipinski definition) is 1. The number of pyridine rings is 2. The number of urea groups is 1. The van der Waals surface area contributed by atoms with Crippen molar-refractivity contribution < 1.29 is 9.53 Å². The van der Waals surface area contributed by atoms with Gasteiger partial charge in [-0.05, 0) is 36.6 Å². The number of methoxy groups -OCH3 is 1. The zero-order valence-corrected chi connectivity index (χ0v) is 13.5.